The number of benzene rings is 1. The molecule has 122 valence electrons. The molecule has 2 rings (SSSR count). The average Bonchev–Trinajstić information content (AvgIpc) is 2.45. The second-order valence-corrected chi connectivity index (χ2v) is 6.39. The van der Waals surface area contributed by atoms with E-state index >= 15 is 0 Å². The Bertz CT molecular complexity index is 646. The SMILES string of the molecule is CC1(C)CC(=O)C=C(NCC(=O)N/N=C/c2ccc(O)cc2)C1. The van der Waals surface area contributed by atoms with Crippen molar-refractivity contribution in [1.29, 1.82) is 0 Å². The van der Waals surface area contributed by atoms with Crippen molar-refractivity contribution in [2.24, 2.45) is 10.5 Å². The Balaban J connectivity index is 1.79. The first kappa shape index (κ1) is 16.7. The van der Waals surface area contributed by atoms with Crippen molar-refractivity contribution < 1.29 is 14.7 Å². The van der Waals surface area contributed by atoms with Crippen LogP contribution in [0.25, 0.3) is 0 Å². The van der Waals surface area contributed by atoms with E-state index in [2.05, 4.69) is 15.8 Å². The van der Waals surface area contributed by atoms with Crippen molar-refractivity contribution in [3.8, 4) is 5.75 Å². The van der Waals surface area contributed by atoms with Gasteiger partial charge in [0.2, 0.25) is 0 Å². The van der Waals surface area contributed by atoms with E-state index in [0.717, 1.165) is 17.7 Å². The number of carbonyl (C=O) groups excluding carboxylic acids is 2. The van der Waals surface area contributed by atoms with Crippen LogP contribution >= 0.6 is 0 Å². The number of phenolic OH excluding ortho intramolecular Hbond substituents is 1. The molecular weight excluding hydrogens is 294 g/mol. The van der Waals surface area contributed by atoms with Crippen LogP contribution in [0.1, 0.15) is 32.3 Å². The highest BCUT2D eigenvalue weighted by atomic mass is 16.3. The minimum absolute atomic E-state index is 0.0576. The molecule has 1 aliphatic carbocycles. The summed E-state index contributed by atoms with van der Waals surface area (Å²) in [6, 6.07) is 6.45. The standard InChI is InChI=1S/C17H21N3O3/c1-17(2)8-13(7-15(22)9-17)18-11-16(23)20-19-10-12-3-5-14(21)6-4-12/h3-7,10,18,21H,8-9,11H2,1-2H3,(H,20,23)/b19-10+. The zero-order valence-electron chi connectivity index (χ0n) is 13.3. The monoisotopic (exact) mass is 315 g/mol. The minimum Gasteiger partial charge on any atom is -0.508 e. The van der Waals surface area contributed by atoms with Crippen LogP contribution in [0, 0.1) is 5.41 Å². The highest BCUT2D eigenvalue weighted by Gasteiger charge is 2.27. The lowest BCUT2D eigenvalue weighted by Gasteiger charge is -2.29. The zero-order chi connectivity index (χ0) is 16.9. The summed E-state index contributed by atoms with van der Waals surface area (Å²) in [7, 11) is 0. The first-order chi connectivity index (χ1) is 10.8. The third-order valence-electron chi connectivity index (χ3n) is 3.43. The highest BCUT2D eigenvalue weighted by Crippen LogP contribution is 2.32. The van der Waals surface area contributed by atoms with Gasteiger partial charge in [-0.3, -0.25) is 9.59 Å². The third-order valence-corrected chi connectivity index (χ3v) is 3.43. The van der Waals surface area contributed by atoms with Crippen LogP contribution in [0.3, 0.4) is 0 Å². The van der Waals surface area contributed by atoms with Crippen molar-refractivity contribution >= 4 is 17.9 Å². The first-order valence-electron chi connectivity index (χ1n) is 7.42. The molecular formula is C17H21N3O3. The fraction of sp³-hybridized carbons (Fsp3) is 0.353. The van der Waals surface area contributed by atoms with E-state index in [4.69, 9.17) is 5.11 Å². The second-order valence-electron chi connectivity index (χ2n) is 6.39. The molecule has 0 aliphatic heterocycles. The predicted molar refractivity (Wildman–Crippen MR) is 88.0 cm³/mol. The molecule has 1 aliphatic rings. The largest absolute Gasteiger partial charge is 0.508 e. The Morgan fingerprint density at radius 1 is 1.30 bits per heavy atom. The number of carbonyl (C=O) groups is 2. The van der Waals surface area contributed by atoms with Crippen LogP contribution in [0.4, 0.5) is 0 Å². The number of hydrazone groups is 1. The molecule has 1 aromatic carbocycles. The number of amides is 1. The number of phenols is 1. The molecule has 0 spiro atoms. The highest BCUT2D eigenvalue weighted by molar-refractivity contribution is 5.92. The van der Waals surface area contributed by atoms with Crippen molar-refractivity contribution in [2.75, 3.05) is 6.54 Å². The number of hydrogen-bond acceptors (Lipinski definition) is 5. The average molecular weight is 315 g/mol. The fourth-order valence-corrected chi connectivity index (χ4v) is 2.43. The number of rotatable bonds is 5. The Morgan fingerprint density at radius 3 is 2.65 bits per heavy atom. The van der Waals surface area contributed by atoms with Gasteiger partial charge in [-0.2, -0.15) is 5.10 Å². The number of hydrogen-bond donors (Lipinski definition) is 3. The van der Waals surface area contributed by atoms with Gasteiger partial charge in [0, 0.05) is 18.2 Å². The summed E-state index contributed by atoms with van der Waals surface area (Å²) in [5, 5.41) is 16.0. The van der Waals surface area contributed by atoms with Crippen LogP contribution in [0.2, 0.25) is 0 Å². The van der Waals surface area contributed by atoms with E-state index < -0.39 is 0 Å². The van der Waals surface area contributed by atoms with Crippen LogP contribution < -0.4 is 10.7 Å². The molecule has 23 heavy (non-hydrogen) atoms. The Labute approximate surface area is 135 Å². The summed E-state index contributed by atoms with van der Waals surface area (Å²) in [6.45, 7) is 4.12. The fourth-order valence-electron chi connectivity index (χ4n) is 2.43. The van der Waals surface area contributed by atoms with Gasteiger partial charge in [0.1, 0.15) is 5.75 Å². The molecule has 1 amide bonds. The van der Waals surface area contributed by atoms with Gasteiger partial charge in [-0.1, -0.05) is 13.8 Å². The molecule has 0 atom stereocenters. The summed E-state index contributed by atoms with van der Waals surface area (Å²) < 4.78 is 0. The molecule has 0 saturated carbocycles. The summed E-state index contributed by atoms with van der Waals surface area (Å²) >= 11 is 0. The molecule has 6 heteroatoms. The van der Waals surface area contributed by atoms with Crippen molar-refractivity contribution in [2.45, 2.75) is 26.7 Å². The number of ketones is 1. The lowest BCUT2D eigenvalue weighted by molar-refractivity contribution is -0.120. The molecule has 1 aromatic rings. The van der Waals surface area contributed by atoms with Gasteiger partial charge >= 0.3 is 0 Å². The van der Waals surface area contributed by atoms with Gasteiger partial charge in [-0.15, -0.1) is 0 Å². The summed E-state index contributed by atoms with van der Waals surface area (Å²) in [5.41, 5.74) is 3.87. The van der Waals surface area contributed by atoms with E-state index in [1.54, 1.807) is 30.3 Å². The maximum atomic E-state index is 11.7. The number of nitrogens with zero attached hydrogens (tertiary/aromatic N) is 1. The van der Waals surface area contributed by atoms with Crippen LogP contribution in [-0.4, -0.2) is 29.6 Å². The van der Waals surface area contributed by atoms with Crippen LogP contribution in [0.15, 0.2) is 41.1 Å². The predicted octanol–water partition coefficient (Wildman–Crippen LogP) is 1.70. The summed E-state index contributed by atoms with van der Waals surface area (Å²) in [5.74, 6) is -0.0418. The third kappa shape index (κ3) is 5.58. The maximum Gasteiger partial charge on any atom is 0.259 e. The lowest BCUT2D eigenvalue weighted by Crippen LogP contribution is -2.34. The zero-order valence-corrected chi connectivity index (χ0v) is 13.3. The Kier molecular flexibility index (Phi) is 5.16. The quantitative estimate of drug-likeness (QED) is 0.570. The number of allylic oxidation sites excluding steroid dienone is 2. The van der Waals surface area contributed by atoms with E-state index in [1.165, 1.54) is 6.21 Å². The topological polar surface area (TPSA) is 90.8 Å². The first-order valence-corrected chi connectivity index (χ1v) is 7.42. The Morgan fingerprint density at radius 2 is 2.00 bits per heavy atom. The smallest absolute Gasteiger partial charge is 0.259 e. The lowest BCUT2D eigenvalue weighted by atomic mass is 9.79. The number of aromatic hydroxyl groups is 1. The van der Waals surface area contributed by atoms with Crippen molar-refractivity contribution in [1.82, 2.24) is 10.7 Å². The van der Waals surface area contributed by atoms with Crippen molar-refractivity contribution in [3.05, 3.63) is 41.6 Å². The summed E-state index contributed by atoms with van der Waals surface area (Å²) in [4.78, 5) is 23.4. The van der Waals surface area contributed by atoms with E-state index in [-0.39, 0.29) is 29.4 Å². The van der Waals surface area contributed by atoms with Gasteiger partial charge < -0.3 is 10.4 Å². The maximum absolute atomic E-state index is 11.7. The minimum atomic E-state index is -0.295. The van der Waals surface area contributed by atoms with E-state index in [0.29, 0.717) is 6.42 Å². The molecule has 3 N–H and O–H groups in total. The van der Waals surface area contributed by atoms with Crippen LogP contribution in [-0.2, 0) is 9.59 Å². The van der Waals surface area contributed by atoms with Crippen molar-refractivity contribution in [3.63, 3.8) is 0 Å². The van der Waals surface area contributed by atoms with Gasteiger partial charge in [-0.05, 0) is 41.7 Å². The van der Waals surface area contributed by atoms with E-state index in [9.17, 15) is 9.59 Å². The molecule has 0 fully saturated rings. The van der Waals surface area contributed by atoms with Gasteiger partial charge in [0.15, 0.2) is 5.78 Å². The molecule has 0 aromatic heterocycles. The Hall–Kier alpha value is -2.63. The molecule has 0 unspecified atom stereocenters. The molecule has 0 heterocycles. The normalized spacial score (nSPS) is 17.0. The number of nitrogens with one attached hydrogen (secondary N) is 2. The molecule has 6 nitrogen and oxygen atoms in total. The van der Waals surface area contributed by atoms with Crippen LogP contribution in [0.5, 0.6) is 5.75 Å². The van der Waals surface area contributed by atoms with E-state index in [1.807, 2.05) is 13.8 Å². The van der Waals surface area contributed by atoms with Gasteiger partial charge in [0.25, 0.3) is 5.91 Å². The molecule has 0 bridgehead atoms. The molecule has 0 saturated heterocycles. The van der Waals surface area contributed by atoms with Gasteiger partial charge in [-0.25, -0.2) is 5.43 Å². The second kappa shape index (κ2) is 7.09. The summed E-state index contributed by atoms with van der Waals surface area (Å²) in [6.07, 6.45) is 4.33. The van der Waals surface area contributed by atoms with Gasteiger partial charge in [0.05, 0.1) is 12.8 Å². The molecule has 0 radical (unpaired) electrons.